The van der Waals surface area contributed by atoms with Crippen molar-refractivity contribution >= 4 is 15.9 Å². The van der Waals surface area contributed by atoms with Gasteiger partial charge in [-0.05, 0) is 42.9 Å². The minimum atomic E-state index is -3.58. The molecule has 0 saturated carbocycles. The molecule has 1 fully saturated rings. The highest BCUT2D eigenvalue weighted by molar-refractivity contribution is 7.89. The number of primary amides is 1. The van der Waals surface area contributed by atoms with Crippen LogP contribution in [-0.4, -0.2) is 33.1 Å². The molecule has 1 saturated heterocycles. The SMILES string of the molecule is CC[C@H](C)c1ccc(S(=O)(=O)NC[C@@H]2CC[C@@H](C(N)=O)O2)cc1. The third-order valence-electron chi connectivity index (χ3n) is 4.30. The van der Waals surface area contributed by atoms with Gasteiger partial charge in [0.05, 0.1) is 11.0 Å². The number of rotatable bonds is 7. The van der Waals surface area contributed by atoms with Gasteiger partial charge >= 0.3 is 0 Å². The zero-order valence-corrected chi connectivity index (χ0v) is 14.3. The fourth-order valence-corrected chi connectivity index (χ4v) is 3.63. The number of nitrogens with two attached hydrogens (primary N) is 1. The van der Waals surface area contributed by atoms with Crippen molar-refractivity contribution in [2.75, 3.05) is 6.54 Å². The lowest BCUT2D eigenvalue weighted by molar-refractivity contribution is -0.128. The van der Waals surface area contributed by atoms with Crippen LogP contribution in [0, 0.1) is 0 Å². The van der Waals surface area contributed by atoms with Crippen LogP contribution in [0.1, 0.15) is 44.6 Å². The van der Waals surface area contributed by atoms with Crippen molar-refractivity contribution in [3.8, 4) is 0 Å². The van der Waals surface area contributed by atoms with Crippen LogP contribution in [0.4, 0.5) is 0 Å². The first kappa shape index (κ1) is 17.9. The topological polar surface area (TPSA) is 98.5 Å². The van der Waals surface area contributed by atoms with E-state index in [1.165, 1.54) is 0 Å². The average Bonchev–Trinajstić information content (AvgIpc) is 3.02. The monoisotopic (exact) mass is 340 g/mol. The molecule has 3 N–H and O–H groups in total. The molecule has 0 radical (unpaired) electrons. The molecule has 7 heteroatoms. The van der Waals surface area contributed by atoms with Crippen molar-refractivity contribution in [1.82, 2.24) is 4.72 Å². The molecule has 1 amide bonds. The molecule has 1 aromatic rings. The fraction of sp³-hybridized carbons (Fsp3) is 0.562. The Bertz CT molecular complexity index is 643. The fourth-order valence-electron chi connectivity index (χ4n) is 2.56. The van der Waals surface area contributed by atoms with Gasteiger partial charge in [0.15, 0.2) is 0 Å². The smallest absolute Gasteiger partial charge is 0.246 e. The first-order chi connectivity index (χ1) is 10.8. The summed E-state index contributed by atoms with van der Waals surface area (Å²) in [6.45, 7) is 4.34. The third-order valence-corrected chi connectivity index (χ3v) is 5.74. The number of amides is 1. The van der Waals surface area contributed by atoms with Crippen LogP contribution in [0.25, 0.3) is 0 Å². The second kappa shape index (κ2) is 7.42. The first-order valence-corrected chi connectivity index (χ1v) is 9.36. The van der Waals surface area contributed by atoms with Gasteiger partial charge < -0.3 is 10.5 Å². The minimum absolute atomic E-state index is 0.138. The zero-order chi connectivity index (χ0) is 17.0. The van der Waals surface area contributed by atoms with Crippen LogP contribution in [-0.2, 0) is 19.6 Å². The summed E-state index contributed by atoms with van der Waals surface area (Å²) >= 11 is 0. The second-order valence-corrected chi connectivity index (χ2v) is 7.72. The quantitative estimate of drug-likeness (QED) is 0.786. The summed E-state index contributed by atoms with van der Waals surface area (Å²) < 4.78 is 32.5. The van der Waals surface area contributed by atoms with Gasteiger partial charge in [-0.3, -0.25) is 4.79 Å². The third kappa shape index (κ3) is 4.53. The van der Waals surface area contributed by atoms with E-state index in [9.17, 15) is 13.2 Å². The van der Waals surface area contributed by atoms with Crippen molar-refractivity contribution in [1.29, 1.82) is 0 Å². The van der Waals surface area contributed by atoms with Gasteiger partial charge in [0, 0.05) is 6.54 Å². The largest absolute Gasteiger partial charge is 0.367 e. The lowest BCUT2D eigenvalue weighted by atomic mass is 9.99. The van der Waals surface area contributed by atoms with Gasteiger partial charge in [0.1, 0.15) is 6.10 Å². The Morgan fingerprint density at radius 2 is 2.00 bits per heavy atom. The van der Waals surface area contributed by atoms with E-state index in [0.717, 1.165) is 12.0 Å². The average molecular weight is 340 g/mol. The summed E-state index contributed by atoms with van der Waals surface area (Å²) in [5.74, 6) is -0.103. The van der Waals surface area contributed by atoms with Crippen molar-refractivity contribution in [2.45, 2.75) is 56.1 Å². The molecule has 1 aliphatic heterocycles. The molecule has 23 heavy (non-hydrogen) atoms. The van der Waals surface area contributed by atoms with E-state index >= 15 is 0 Å². The van der Waals surface area contributed by atoms with Crippen LogP contribution < -0.4 is 10.5 Å². The summed E-state index contributed by atoms with van der Waals surface area (Å²) in [4.78, 5) is 11.3. The van der Waals surface area contributed by atoms with Crippen LogP contribution in [0.5, 0.6) is 0 Å². The van der Waals surface area contributed by atoms with Crippen molar-refractivity contribution in [3.63, 3.8) is 0 Å². The number of carbonyl (C=O) groups excluding carboxylic acids is 1. The highest BCUT2D eigenvalue weighted by Gasteiger charge is 2.30. The second-order valence-electron chi connectivity index (χ2n) is 5.96. The molecule has 1 heterocycles. The number of carbonyl (C=O) groups is 1. The molecule has 1 aliphatic rings. The molecule has 0 aromatic heterocycles. The molecular weight excluding hydrogens is 316 g/mol. The number of ether oxygens (including phenoxy) is 1. The van der Waals surface area contributed by atoms with E-state index < -0.39 is 22.0 Å². The van der Waals surface area contributed by atoms with E-state index in [0.29, 0.717) is 18.8 Å². The van der Waals surface area contributed by atoms with Gasteiger partial charge in [-0.25, -0.2) is 13.1 Å². The minimum Gasteiger partial charge on any atom is -0.367 e. The molecule has 0 bridgehead atoms. The van der Waals surface area contributed by atoms with Gasteiger partial charge in [0.25, 0.3) is 0 Å². The Hall–Kier alpha value is -1.44. The summed E-state index contributed by atoms with van der Waals surface area (Å²) in [7, 11) is -3.58. The highest BCUT2D eigenvalue weighted by Crippen LogP contribution is 2.21. The maximum Gasteiger partial charge on any atom is 0.246 e. The Morgan fingerprint density at radius 1 is 1.35 bits per heavy atom. The van der Waals surface area contributed by atoms with Gasteiger partial charge in [-0.1, -0.05) is 26.0 Å². The first-order valence-electron chi connectivity index (χ1n) is 7.88. The van der Waals surface area contributed by atoms with E-state index in [1.807, 2.05) is 12.1 Å². The molecular formula is C16H24N2O4S. The Labute approximate surface area is 137 Å². The van der Waals surface area contributed by atoms with E-state index in [2.05, 4.69) is 18.6 Å². The van der Waals surface area contributed by atoms with Gasteiger partial charge in [0.2, 0.25) is 15.9 Å². The summed E-state index contributed by atoms with van der Waals surface area (Å²) in [6, 6.07) is 6.92. The molecule has 6 nitrogen and oxygen atoms in total. The number of hydrogen-bond acceptors (Lipinski definition) is 4. The van der Waals surface area contributed by atoms with Crippen molar-refractivity contribution in [3.05, 3.63) is 29.8 Å². The molecule has 0 spiro atoms. The summed E-state index contributed by atoms with van der Waals surface area (Å²) in [5, 5.41) is 0. The Morgan fingerprint density at radius 3 is 2.52 bits per heavy atom. The van der Waals surface area contributed by atoms with Crippen molar-refractivity contribution < 1.29 is 17.9 Å². The number of nitrogens with one attached hydrogen (secondary N) is 1. The molecule has 1 aromatic carbocycles. The van der Waals surface area contributed by atoms with Crippen molar-refractivity contribution in [2.24, 2.45) is 5.73 Å². The Balaban J connectivity index is 1.95. The number of hydrogen-bond donors (Lipinski definition) is 2. The van der Waals surface area contributed by atoms with Crippen LogP contribution in [0.2, 0.25) is 0 Å². The predicted molar refractivity (Wildman–Crippen MR) is 87.4 cm³/mol. The van der Waals surface area contributed by atoms with Gasteiger partial charge in [-0.2, -0.15) is 0 Å². The maximum atomic E-state index is 12.3. The number of sulfonamides is 1. The van der Waals surface area contributed by atoms with Crippen LogP contribution in [0.15, 0.2) is 29.2 Å². The predicted octanol–water partition coefficient (Wildman–Crippen LogP) is 1.51. The van der Waals surface area contributed by atoms with E-state index in [1.54, 1.807) is 12.1 Å². The standard InChI is InChI=1S/C16H24N2O4S/c1-3-11(2)12-4-7-14(8-5-12)23(20,21)18-10-13-6-9-15(22-13)16(17)19/h4-5,7-8,11,13,15,18H,3,6,9-10H2,1-2H3,(H2,17,19)/t11-,13-,15-/m0/s1. The normalized spacial score (nSPS) is 22.9. The van der Waals surface area contributed by atoms with E-state index in [-0.39, 0.29) is 17.5 Å². The lowest BCUT2D eigenvalue weighted by Crippen LogP contribution is -2.34. The Kier molecular flexibility index (Phi) is 5.78. The van der Waals surface area contributed by atoms with E-state index in [4.69, 9.17) is 10.5 Å². The molecule has 2 rings (SSSR count). The zero-order valence-electron chi connectivity index (χ0n) is 13.5. The molecule has 128 valence electrons. The van der Waals surface area contributed by atoms with Crippen LogP contribution in [0.3, 0.4) is 0 Å². The number of benzene rings is 1. The molecule has 3 atom stereocenters. The maximum absolute atomic E-state index is 12.3. The molecule has 0 aliphatic carbocycles. The van der Waals surface area contributed by atoms with Crippen LogP contribution >= 0.6 is 0 Å². The summed E-state index contributed by atoms with van der Waals surface area (Å²) in [6.07, 6.45) is 1.22. The lowest BCUT2D eigenvalue weighted by Gasteiger charge is -2.14. The van der Waals surface area contributed by atoms with Gasteiger partial charge in [-0.15, -0.1) is 0 Å². The molecule has 0 unspecified atom stereocenters. The summed E-state index contributed by atoms with van der Waals surface area (Å²) in [5.41, 5.74) is 6.30. The highest BCUT2D eigenvalue weighted by atomic mass is 32.2.